The molecule has 0 unspecified atom stereocenters. The number of hydrogen-bond acceptors (Lipinski definition) is 6. The molecular weight excluding hydrogens is 420 g/mol. The van der Waals surface area contributed by atoms with Crippen LogP contribution in [0.1, 0.15) is 99.3 Å². The number of rotatable bonds is 4. The van der Waals surface area contributed by atoms with E-state index in [2.05, 4.69) is 13.8 Å². The smallest absolute Gasteiger partial charge is 0.303 e. The average Bonchev–Trinajstić information content (AvgIpc) is 3.00. The van der Waals surface area contributed by atoms with Gasteiger partial charge in [0.15, 0.2) is 5.60 Å². The number of ether oxygens (including phenoxy) is 3. The highest BCUT2D eigenvalue weighted by molar-refractivity contribution is 5.68. The molecule has 0 amide bonds. The summed E-state index contributed by atoms with van der Waals surface area (Å²) in [4.78, 5) is 35.6. The molecule has 4 saturated carbocycles. The van der Waals surface area contributed by atoms with Crippen molar-refractivity contribution in [1.29, 1.82) is 0 Å². The van der Waals surface area contributed by atoms with Crippen molar-refractivity contribution in [3.8, 4) is 0 Å². The van der Waals surface area contributed by atoms with Crippen molar-refractivity contribution < 1.29 is 28.6 Å². The van der Waals surface area contributed by atoms with E-state index in [4.69, 9.17) is 14.2 Å². The van der Waals surface area contributed by atoms with Gasteiger partial charge in [0, 0.05) is 26.2 Å². The maximum atomic E-state index is 12.2. The van der Waals surface area contributed by atoms with E-state index in [1.807, 2.05) is 6.92 Å². The van der Waals surface area contributed by atoms with Gasteiger partial charge in [-0.1, -0.05) is 13.8 Å². The zero-order valence-electron chi connectivity index (χ0n) is 21.3. The van der Waals surface area contributed by atoms with Crippen molar-refractivity contribution in [2.75, 3.05) is 0 Å². The van der Waals surface area contributed by atoms with E-state index >= 15 is 0 Å². The fraction of sp³-hybridized carbons (Fsp3) is 0.889. The predicted molar refractivity (Wildman–Crippen MR) is 123 cm³/mol. The van der Waals surface area contributed by atoms with Crippen molar-refractivity contribution in [3.63, 3.8) is 0 Å². The first-order chi connectivity index (χ1) is 15.4. The molecule has 0 aromatic rings. The Morgan fingerprint density at radius 3 is 2.15 bits per heavy atom. The third kappa shape index (κ3) is 3.89. The molecule has 9 atom stereocenters. The molecule has 0 aromatic heterocycles. The third-order valence-corrected chi connectivity index (χ3v) is 10.5. The summed E-state index contributed by atoms with van der Waals surface area (Å²) < 4.78 is 17.4. The van der Waals surface area contributed by atoms with Crippen LogP contribution >= 0.6 is 0 Å². The Kier molecular flexibility index (Phi) is 6.37. The second-order valence-electron chi connectivity index (χ2n) is 11.9. The molecular formula is C27H42O6. The summed E-state index contributed by atoms with van der Waals surface area (Å²) in [5.74, 6) is 1.51. The van der Waals surface area contributed by atoms with Crippen LogP contribution in [0.4, 0.5) is 0 Å². The fourth-order valence-corrected chi connectivity index (χ4v) is 9.11. The lowest BCUT2D eigenvalue weighted by Gasteiger charge is -2.62. The van der Waals surface area contributed by atoms with Crippen LogP contribution in [0.2, 0.25) is 0 Å². The van der Waals surface area contributed by atoms with Crippen LogP contribution in [0.15, 0.2) is 0 Å². The zero-order valence-corrected chi connectivity index (χ0v) is 21.3. The van der Waals surface area contributed by atoms with Gasteiger partial charge in [0.25, 0.3) is 0 Å². The minimum absolute atomic E-state index is 0.0682. The highest BCUT2D eigenvalue weighted by Gasteiger charge is 2.68. The molecule has 4 aliphatic rings. The Bertz CT molecular complexity index is 808. The van der Waals surface area contributed by atoms with Gasteiger partial charge in [0.1, 0.15) is 12.2 Å². The van der Waals surface area contributed by atoms with Crippen molar-refractivity contribution in [3.05, 3.63) is 0 Å². The molecule has 186 valence electrons. The molecule has 0 aliphatic heterocycles. The van der Waals surface area contributed by atoms with Crippen LogP contribution in [0.3, 0.4) is 0 Å². The zero-order chi connectivity index (χ0) is 24.2. The van der Waals surface area contributed by atoms with E-state index < -0.39 is 11.7 Å². The van der Waals surface area contributed by atoms with Crippen LogP contribution in [-0.2, 0) is 28.6 Å². The molecule has 0 spiro atoms. The normalized spacial score (nSPS) is 45.1. The quantitative estimate of drug-likeness (QED) is 0.421. The van der Waals surface area contributed by atoms with Crippen LogP contribution in [0.5, 0.6) is 0 Å². The van der Waals surface area contributed by atoms with E-state index in [1.165, 1.54) is 33.6 Å². The number of carbonyl (C=O) groups is 3. The number of esters is 3. The molecule has 6 nitrogen and oxygen atoms in total. The van der Waals surface area contributed by atoms with Gasteiger partial charge in [0.2, 0.25) is 0 Å². The minimum atomic E-state index is -0.759. The standard InChI is InChI=1S/C27H42O6/c1-16(31-17(2)28)27(33-19(4)30)14-11-24-22-8-7-20-15-21(32-18(3)29)9-12-25(20,5)23(22)10-13-26(24,27)6/h16,20-24H,7-15H2,1-6H3/t16-,20-,21-,22+,23-,24-,25-,26-,27-/m0/s1. The van der Waals surface area contributed by atoms with Crippen LogP contribution in [0, 0.1) is 34.5 Å². The van der Waals surface area contributed by atoms with Crippen LogP contribution < -0.4 is 0 Å². The fourth-order valence-electron chi connectivity index (χ4n) is 9.11. The lowest BCUT2D eigenvalue weighted by Crippen LogP contribution is -2.61. The van der Waals surface area contributed by atoms with Gasteiger partial charge in [0.05, 0.1) is 0 Å². The summed E-state index contributed by atoms with van der Waals surface area (Å²) in [5, 5.41) is 0. The van der Waals surface area contributed by atoms with Gasteiger partial charge in [-0.15, -0.1) is 0 Å². The molecule has 0 N–H and O–H groups in total. The molecule has 0 radical (unpaired) electrons. The lowest BCUT2D eigenvalue weighted by atomic mass is 9.44. The Morgan fingerprint density at radius 2 is 1.52 bits per heavy atom. The second kappa shape index (κ2) is 8.57. The molecule has 0 aromatic carbocycles. The van der Waals surface area contributed by atoms with E-state index in [0.29, 0.717) is 23.7 Å². The molecule has 33 heavy (non-hydrogen) atoms. The summed E-state index contributed by atoms with van der Waals surface area (Å²) in [6.07, 6.45) is 8.85. The van der Waals surface area contributed by atoms with E-state index in [0.717, 1.165) is 44.9 Å². The minimum Gasteiger partial charge on any atom is -0.463 e. The summed E-state index contributed by atoms with van der Waals surface area (Å²) in [7, 11) is 0. The van der Waals surface area contributed by atoms with E-state index in [-0.39, 0.29) is 34.8 Å². The molecule has 0 heterocycles. The maximum Gasteiger partial charge on any atom is 0.303 e. The van der Waals surface area contributed by atoms with Crippen molar-refractivity contribution in [1.82, 2.24) is 0 Å². The largest absolute Gasteiger partial charge is 0.463 e. The van der Waals surface area contributed by atoms with Gasteiger partial charge < -0.3 is 14.2 Å². The van der Waals surface area contributed by atoms with E-state index in [9.17, 15) is 14.4 Å². The summed E-state index contributed by atoms with van der Waals surface area (Å²) in [5.41, 5.74) is -0.688. The molecule has 0 saturated heterocycles. The molecule has 4 aliphatic carbocycles. The Hall–Kier alpha value is -1.59. The van der Waals surface area contributed by atoms with Crippen LogP contribution in [-0.4, -0.2) is 35.7 Å². The molecule has 4 fully saturated rings. The van der Waals surface area contributed by atoms with Gasteiger partial charge in [-0.3, -0.25) is 14.4 Å². The highest BCUT2D eigenvalue weighted by Crippen LogP contribution is 2.69. The Morgan fingerprint density at radius 1 is 0.818 bits per heavy atom. The van der Waals surface area contributed by atoms with Crippen molar-refractivity contribution in [2.45, 2.75) is 117 Å². The highest BCUT2D eigenvalue weighted by atomic mass is 16.6. The predicted octanol–water partition coefficient (Wildman–Crippen LogP) is 5.21. The Balaban J connectivity index is 1.59. The maximum absolute atomic E-state index is 12.2. The SMILES string of the molecule is CC(=O)O[C@H]1CC[C@@]2(C)[C@@H](CC[C@@H]3[C@@H]2CC[C@@]2(C)[C@H]3CC[C@]2(OC(C)=O)[C@H](C)OC(C)=O)C1. The van der Waals surface area contributed by atoms with Gasteiger partial charge in [-0.25, -0.2) is 0 Å². The average molecular weight is 463 g/mol. The van der Waals surface area contributed by atoms with Gasteiger partial charge in [-0.2, -0.15) is 0 Å². The van der Waals surface area contributed by atoms with Crippen molar-refractivity contribution >= 4 is 17.9 Å². The first-order valence-corrected chi connectivity index (χ1v) is 13.0. The topological polar surface area (TPSA) is 78.9 Å². The molecule has 4 rings (SSSR count). The summed E-state index contributed by atoms with van der Waals surface area (Å²) in [6.45, 7) is 11.1. The Labute approximate surface area is 198 Å². The second-order valence-corrected chi connectivity index (χ2v) is 11.9. The molecule has 6 heteroatoms. The summed E-state index contributed by atoms with van der Waals surface area (Å²) in [6, 6.07) is 0. The third-order valence-electron chi connectivity index (χ3n) is 10.5. The van der Waals surface area contributed by atoms with Gasteiger partial charge in [-0.05, 0) is 93.8 Å². The number of fused-ring (bicyclic) bond motifs is 5. The first kappa shape index (κ1) is 24.5. The lowest BCUT2D eigenvalue weighted by molar-refractivity contribution is -0.219. The first-order valence-electron chi connectivity index (χ1n) is 13.0. The van der Waals surface area contributed by atoms with Gasteiger partial charge >= 0.3 is 17.9 Å². The molecule has 0 bridgehead atoms. The van der Waals surface area contributed by atoms with Crippen LogP contribution in [0.25, 0.3) is 0 Å². The van der Waals surface area contributed by atoms with E-state index in [1.54, 1.807) is 0 Å². The monoisotopic (exact) mass is 462 g/mol. The summed E-state index contributed by atoms with van der Waals surface area (Å²) >= 11 is 0. The van der Waals surface area contributed by atoms with Crippen molar-refractivity contribution in [2.24, 2.45) is 34.5 Å². The number of hydrogen-bond donors (Lipinski definition) is 0. The number of carbonyl (C=O) groups excluding carboxylic acids is 3.